The number of thiophene rings is 1. The Morgan fingerprint density at radius 1 is 1.14 bits per heavy atom. The molecule has 1 fully saturated rings. The fourth-order valence-electron chi connectivity index (χ4n) is 4.52. The van der Waals surface area contributed by atoms with Crippen LogP contribution in [0.25, 0.3) is 21.3 Å². The number of rotatable bonds is 6. The second kappa shape index (κ2) is 9.87. The number of carbonyl (C=O) groups is 1. The number of ether oxygens (including phenoxy) is 2. The number of carbonyl (C=O) groups excluding carboxylic acids is 1. The molecule has 0 saturated carbocycles. The molecule has 1 aliphatic heterocycles. The Hall–Kier alpha value is -3.72. The summed E-state index contributed by atoms with van der Waals surface area (Å²) in [7, 11) is 3.26. The van der Waals surface area contributed by atoms with E-state index in [1.54, 1.807) is 37.8 Å². The smallest absolute Gasteiger partial charge is 0.230 e. The maximum absolute atomic E-state index is 13.0. The molecule has 3 aromatic heterocycles. The normalized spacial score (nSPS) is 15.7. The van der Waals surface area contributed by atoms with Crippen LogP contribution in [0.3, 0.4) is 0 Å². The lowest BCUT2D eigenvalue weighted by Crippen LogP contribution is -2.41. The average molecular weight is 490 g/mol. The quantitative estimate of drug-likeness (QED) is 0.411. The average Bonchev–Trinajstić information content (AvgIpc) is 3.32. The fourth-order valence-corrected chi connectivity index (χ4v) is 5.51. The molecule has 1 aromatic carbocycles. The summed E-state index contributed by atoms with van der Waals surface area (Å²) in [5, 5.41) is 6.06. The second-order valence-electron chi connectivity index (χ2n) is 8.48. The van der Waals surface area contributed by atoms with E-state index in [-0.39, 0.29) is 11.8 Å². The van der Waals surface area contributed by atoms with Gasteiger partial charge in [-0.25, -0.2) is 15.0 Å². The molecule has 5 rings (SSSR count). The van der Waals surface area contributed by atoms with Crippen LogP contribution in [0.15, 0.2) is 48.0 Å². The van der Waals surface area contributed by atoms with Crippen molar-refractivity contribution in [3.8, 4) is 22.6 Å². The molecule has 1 N–H and O–H groups in total. The van der Waals surface area contributed by atoms with Gasteiger partial charge in [-0.15, -0.1) is 11.3 Å². The lowest BCUT2D eigenvalue weighted by molar-refractivity contribution is -0.120. The van der Waals surface area contributed by atoms with E-state index >= 15 is 0 Å². The van der Waals surface area contributed by atoms with Crippen LogP contribution in [0.5, 0.6) is 11.5 Å². The number of pyridine rings is 1. The third-order valence-electron chi connectivity index (χ3n) is 6.23. The van der Waals surface area contributed by atoms with Gasteiger partial charge in [0, 0.05) is 30.2 Å². The highest BCUT2D eigenvalue weighted by molar-refractivity contribution is 7.17. The predicted molar refractivity (Wildman–Crippen MR) is 138 cm³/mol. The summed E-state index contributed by atoms with van der Waals surface area (Å²) in [6.07, 6.45) is 3.41. The number of methoxy groups -OCH3 is 2. The summed E-state index contributed by atoms with van der Waals surface area (Å²) in [6.45, 7) is 3.33. The molecule has 4 aromatic rings. The highest BCUT2D eigenvalue weighted by atomic mass is 32.1. The van der Waals surface area contributed by atoms with E-state index in [1.165, 1.54) is 0 Å². The number of aryl methyl sites for hydroxylation is 1. The Morgan fingerprint density at radius 3 is 2.77 bits per heavy atom. The first-order valence-electron chi connectivity index (χ1n) is 11.5. The largest absolute Gasteiger partial charge is 0.493 e. The molecule has 1 amide bonds. The van der Waals surface area contributed by atoms with Gasteiger partial charge in [-0.3, -0.25) is 4.79 Å². The van der Waals surface area contributed by atoms with Gasteiger partial charge in [0.25, 0.3) is 0 Å². The summed E-state index contributed by atoms with van der Waals surface area (Å²) in [4.78, 5) is 29.9. The molecule has 0 spiro atoms. The van der Waals surface area contributed by atoms with E-state index in [2.05, 4.69) is 20.6 Å². The van der Waals surface area contributed by atoms with Gasteiger partial charge >= 0.3 is 0 Å². The predicted octanol–water partition coefficient (Wildman–Crippen LogP) is 4.93. The molecule has 0 bridgehead atoms. The van der Waals surface area contributed by atoms with Crippen molar-refractivity contribution >= 4 is 39.1 Å². The maximum atomic E-state index is 13.0. The van der Waals surface area contributed by atoms with Gasteiger partial charge in [0.15, 0.2) is 11.5 Å². The van der Waals surface area contributed by atoms with E-state index in [0.29, 0.717) is 29.7 Å². The van der Waals surface area contributed by atoms with Gasteiger partial charge in [-0.1, -0.05) is 12.1 Å². The van der Waals surface area contributed by atoms with Crippen molar-refractivity contribution in [1.29, 1.82) is 0 Å². The molecule has 1 atom stereocenters. The van der Waals surface area contributed by atoms with E-state index < -0.39 is 0 Å². The lowest BCUT2D eigenvalue weighted by Gasteiger charge is -2.33. The van der Waals surface area contributed by atoms with Crippen LogP contribution in [0.2, 0.25) is 0 Å². The summed E-state index contributed by atoms with van der Waals surface area (Å²) in [5.74, 6) is 3.34. The first kappa shape index (κ1) is 23.0. The van der Waals surface area contributed by atoms with Crippen LogP contribution in [-0.2, 0) is 4.79 Å². The zero-order valence-electron chi connectivity index (χ0n) is 19.9. The van der Waals surface area contributed by atoms with Crippen molar-refractivity contribution < 1.29 is 14.3 Å². The third-order valence-corrected chi connectivity index (χ3v) is 7.10. The number of hydrogen-bond acceptors (Lipinski definition) is 8. The fraction of sp³-hybridized carbons (Fsp3) is 0.308. The number of piperidine rings is 1. The van der Waals surface area contributed by atoms with Gasteiger partial charge in [0.1, 0.15) is 22.3 Å². The number of hydrogen-bond donors (Lipinski definition) is 1. The van der Waals surface area contributed by atoms with E-state index in [0.717, 1.165) is 46.5 Å². The monoisotopic (exact) mass is 489 g/mol. The molecule has 8 nitrogen and oxygen atoms in total. The lowest BCUT2D eigenvalue weighted by atomic mass is 9.96. The van der Waals surface area contributed by atoms with Crippen LogP contribution < -0.4 is 19.7 Å². The Bertz CT molecular complexity index is 1360. The van der Waals surface area contributed by atoms with Crippen molar-refractivity contribution in [1.82, 2.24) is 15.0 Å². The molecule has 1 unspecified atom stereocenters. The first-order chi connectivity index (χ1) is 17.1. The first-order valence-corrected chi connectivity index (χ1v) is 12.4. The highest BCUT2D eigenvalue weighted by Crippen LogP contribution is 2.41. The van der Waals surface area contributed by atoms with Gasteiger partial charge in [-0.2, -0.15) is 0 Å². The van der Waals surface area contributed by atoms with Gasteiger partial charge in [-0.05, 0) is 49.6 Å². The minimum atomic E-state index is -0.153. The second-order valence-corrected chi connectivity index (χ2v) is 9.34. The van der Waals surface area contributed by atoms with E-state index in [4.69, 9.17) is 19.4 Å². The topological polar surface area (TPSA) is 89.5 Å². The van der Waals surface area contributed by atoms with Crippen LogP contribution in [0, 0.1) is 12.8 Å². The van der Waals surface area contributed by atoms with E-state index in [9.17, 15) is 4.79 Å². The standard InChI is InChI=1S/C26H27N5O3S/c1-16-28-24(31-12-6-7-18(14-31)25(32)30-22-8-4-5-11-27-22)23-19(15-35-26(23)29-16)17-9-10-20(33-2)21(13-17)34-3/h4-5,8-11,13,15,18H,6-7,12,14H2,1-3H3,(H,27,30,32). The maximum Gasteiger partial charge on any atom is 0.230 e. The molecule has 1 aliphatic rings. The molecule has 9 heteroatoms. The number of nitrogens with zero attached hydrogens (tertiary/aromatic N) is 4. The molecule has 0 radical (unpaired) electrons. The Labute approximate surface area is 208 Å². The number of fused-ring (bicyclic) bond motifs is 1. The number of nitrogens with one attached hydrogen (secondary N) is 1. The van der Waals surface area contributed by atoms with Crippen molar-refractivity contribution in [2.45, 2.75) is 19.8 Å². The van der Waals surface area contributed by atoms with Gasteiger partial charge in [0.2, 0.25) is 5.91 Å². The number of amides is 1. The Balaban J connectivity index is 1.49. The highest BCUT2D eigenvalue weighted by Gasteiger charge is 2.29. The SMILES string of the molecule is COc1ccc(-c2csc3nc(C)nc(N4CCCC(C(=O)Nc5ccccn5)C4)c23)cc1OC. The van der Waals surface area contributed by atoms with Crippen LogP contribution >= 0.6 is 11.3 Å². The zero-order chi connectivity index (χ0) is 24.4. The molecule has 0 aliphatic carbocycles. The van der Waals surface area contributed by atoms with Crippen LogP contribution in [0.4, 0.5) is 11.6 Å². The Morgan fingerprint density at radius 2 is 2.00 bits per heavy atom. The Kier molecular flexibility index (Phi) is 6.50. The molecular formula is C26H27N5O3S. The number of benzene rings is 1. The van der Waals surface area contributed by atoms with Crippen molar-refractivity contribution in [2.24, 2.45) is 5.92 Å². The minimum Gasteiger partial charge on any atom is -0.493 e. The van der Waals surface area contributed by atoms with Crippen molar-refractivity contribution in [3.05, 3.63) is 53.8 Å². The molecule has 4 heterocycles. The molecular weight excluding hydrogens is 462 g/mol. The molecule has 35 heavy (non-hydrogen) atoms. The zero-order valence-corrected chi connectivity index (χ0v) is 20.8. The minimum absolute atomic E-state index is 0.0131. The van der Waals surface area contributed by atoms with Gasteiger partial charge < -0.3 is 19.7 Å². The van der Waals surface area contributed by atoms with Crippen molar-refractivity contribution in [2.75, 3.05) is 37.5 Å². The third kappa shape index (κ3) is 4.64. The summed E-state index contributed by atoms with van der Waals surface area (Å²) in [5.41, 5.74) is 2.05. The van der Waals surface area contributed by atoms with E-state index in [1.807, 2.05) is 37.3 Å². The summed E-state index contributed by atoms with van der Waals surface area (Å²) >= 11 is 1.60. The molecule has 1 saturated heterocycles. The van der Waals surface area contributed by atoms with Crippen LogP contribution in [0.1, 0.15) is 18.7 Å². The van der Waals surface area contributed by atoms with Gasteiger partial charge in [0.05, 0.1) is 25.5 Å². The van der Waals surface area contributed by atoms with Crippen LogP contribution in [-0.4, -0.2) is 48.2 Å². The summed E-state index contributed by atoms with van der Waals surface area (Å²) in [6, 6.07) is 11.4. The number of anilines is 2. The summed E-state index contributed by atoms with van der Waals surface area (Å²) < 4.78 is 10.9. The number of aromatic nitrogens is 3. The molecule has 180 valence electrons. The van der Waals surface area contributed by atoms with Crippen molar-refractivity contribution in [3.63, 3.8) is 0 Å².